The molecule has 0 radical (unpaired) electrons. The smallest absolute Gasteiger partial charge is 0.276 e. The van der Waals surface area contributed by atoms with Crippen LogP contribution in [0.1, 0.15) is 6.92 Å². The Morgan fingerprint density at radius 2 is 2.21 bits per heavy atom. The number of aromatic nitrogens is 1. The fourth-order valence-corrected chi connectivity index (χ4v) is 1.77. The third-order valence-electron chi connectivity index (χ3n) is 2.75. The molecule has 0 saturated carbocycles. The number of nitro groups is 1. The van der Waals surface area contributed by atoms with Gasteiger partial charge in [-0.15, -0.1) is 0 Å². The lowest BCUT2D eigenvalue weighted by Gasteiger charge is -2.32. The minimum Gasteiger partial charge on any atom is -0.383 e. The first-order valence-electron chi connectivity index (χ1n) is 5.41. The normalized spacial score (nSPS) is 19.2. The third kappa shape index (κ3) is 2.44. The van der Waals surface area contributed by atoms with Crippen LogP contribution in [0.4, 0.5) is 17.3 Å². The summed E-state index contributed by atoms with van der Waals surface area (Å²) in [6.07, 6.45) is 0. The van der Waals surface area contributed by atoms with Crippen LogP contribution < -0.4 is 16.0 Å². The van der Waals surface area contributed by atoms with Gasteiger partial charge in [-0.2, -0.15) is 0 Å². The lowest BCUT2D eigenvalue weighted by molar-refractivity contribution is -0.384. The van der Waals surface area contributed by atoms with Gasteiger partial charge in [0, 0.05) is 0 Å². The van der Waals surface area contributed by atoms with Crippen LogP contribution in [0.25, 0.3) is 0 Å². The van der Waals surface area contributed by atoms with Crippen LogP contribution in [0, 0.1) is 10.1 Å². The van der Waals surface area contributed by atoms with E-state index in [1.165, 1.54) is 11.0 Å². The van der Waals surface area contributed by atoms with Gasteiger partial charge in [-0.25, -0.2) is 4.98 Å². The Morgan fingerprint density at radius 3 is 2.84 bits per heavy atom. The number of nitrogens with one attached hydrogen (secondary N) is 1. The van der Waals surface area contributed by atoms with E-state index < -0.39 is 22.8 Å². The van der Waals surface area contributed by atoms with Crippen molar-refractivity contribution in [3.63, 3.8) is 0 Å². The third-order valence-corrected chi connectivity index (χ3v) is 2.75. The molecule has 1 aromatic rings. The topological polar surface area (TPSA) is 131 Å². The van der Waals surface area contributed by atoms with E-state index >= 15 is 0 Å². The zero-order valence-electron chi connectivity index (χ0n) is 9.99. The van der Waals surface area contributed by atoms with E-state index in [2.05, 4.69) is 10.3 Å². The van der Waals surface area contributed by atoms with Gasteiger partial charge in [0.05, 0.1) is 23.6 Å². The van der Waals surface area contributed by atoms with Crippen molar-refractivity contribution in [3.8, 4) is 0 Å². The number of nitrogen functional groups attached to an aromatic ring is 1. The van der Waals surface area contributed by atoms with Crippen LogP contribution in [-0.2, 0) is 9.59 Å². The maximum absolute atomic E-state index is 11.5. The molecule has 19 heavy (non-hydrogen) atoms. The summed E-state index contributed by atoms with van der Waals surface area (Å²) in [4.78, 5) is 38.3. The first-order chi connectivity index (χ1) is 8.88. The number of carbonyl (C=O) groups is 2. The molecule has 1 aliphatic rings. The molecule has 0 bridgehead atoms. The Labute approximate surface area is 107 Å². The predicted octanol–water partition coefficient (Wildman–Crippen LogP) is -0.577. The molecule has 1 aliphatic heterocycles. The molecule has 1 fully saturated rings. The first kappa shape index (κ1) is 12.7. The highest BCUT2D eigenvalue weighted by molar-refractivity contribution is 6.04. The van der Waals surface area contributed by atoms with Gasteiger partial charge in [0.15, 0.2) is 0 Å². The maximum atomic E-state index is 11.5. The summed E-state index contributed by atoms with van der Waals surface area (Å²) < 4.78 is 0. The minimum atomic E-state index is -0.661. The molecule has 3 N–H and O–H groups in total. The molecular weight excluding hydrogens is 254 g/mol. The molecule has 0 aromatic carbocycles. The molecule has 2 heterocycles. The van der Waals surface area contributed by atoms with Gasteiger partial charge in [-0.3, -0.25) is 25.0 Å². The SMILES string of the molecule is CC1C(=O)NC(=O)CN1c1cc([N+](=O)[O-])cc(N)n1. The van der Waals surface area contributed by atoms with Crippen LogP contribution in [0.2, 0.25) is 0 Å². The molecule has 2 rings (SSSR count). The number of rotatable bonds is 2. The molecule has 1 atom stereocenters. The molecule has 1 unspecified atom stereocenters. The van der Waals surface area contributed by atoms with Gasteiger partial charge < -0.3 is 10.6 Å². The highest BCUT2D eigenvalue weighted by Crippen LogP contribution is 2.24. The predicted molar refractivity (Wildman–Crippen MR) is 65.3 cm³/mol. The largest absolute Gasteiger partial charge is 0.383 e. The van der Waals surface area contributed by atoms with E-state index in [9.17, 15) is 19.7 Å². The Balaban J connectivity index is 2.42. The number of piperazine rings is 1. The highest BCUT2D eigenvalue weighted by atomic mass is 16.6. The Hall–Kier alpha value is -2.71. The van der Waals surface area contributed by atoms with Crippen molar-refractivity contribution in [1.82, 2.24) is 10.3 Å². The van der Waals surface area contributed by atoms with Gasteiger partial charge in [-0.05, 0) is 6.92 Å². The Bertz CT molecular complexity index is 573. The van der Waals surface area contributed by atoms with Crippen molar-refractivity contribution in [2.24, 2.45) is 0 Å². The van der Waals surface area contributed by atoms with Gasteiger partial charge in [0.2, 0.25) is 11.8 Å². The molecule has 0 spiro atoms. The van der Waals surface area contributed by atoms with Crippen LogP contribution >= 0.6 is 0 Å². The lowest BCUT2D eigenvalue weighted by Crippen LogP contribution is -2.57. The van der Waals surface area contributed by atoms with Crippen LogP contribution in [-0.4, -0.2) is 34.3 Å². The zero-order valence-corrected chi connectivity index (χ0v) is 9.99. The lowest BCUT2D eigenvalue weighted by atomic mass is 10.2. The number of hydrogen-bond acceptors (Lipinski definition) is 7. The first-order valence-corrected chi connectivity index (χ1v) is 5.41. The van der Waals surface area contributed by atoms with Crippen molar-refractivity contribution in [2.45, 2.75) is 13.0 Å². The average Bonchev–Trinajstić information content (AvgIpc) is 2.32. The van der Waals surface area contributed by atoms with E-state index in [0.29, 0.717) is 0 Å². The second kappa shape index (κ2) is 4.52. The summed E-state index contributed by atoms with van der Waals surface area (Å²) in [6, 6.07) is 1.63. The number of hydrogen-bond donors (Lipinski definition) is 2. The number of nitrogens with zero attached hydrogens (tertiary/aromatic N) is 3. The van der Waals surface area contributed by atoms with Crippen molar-refractivity contribution in [3.05, 3.63) is 22.2 Å². The van der Waals surface area contributed by atoms with Crippen LogP contribution in [0.5, 0.6) is 0 Å². The summed E-state index contributed by atoms with van der Waals surface area (Å²) in [5, 5.41) is 12.9. The van der Waals surface area contributed by atoms with Crippen LogP contribution in [0.15, 0.2) is 12.1 Å². The van der Waals surface area contributed by atoms with Crippen molar-refractivity contribution >= 4 is 29.1 Å². The molecule has 1 saturated heterocycles. The second-order valence-electron chi connectivity index (χ2n) is 4.08. The van der Waals surface area contributed by atoms with Gasteiger partial charge in [0.1, 0.15) is 17.7 Å². The van der Waals surface area contributed by atoms with Crippen LogP contribution in [0.3, 0.4) is 0 Å². The monoisotopic (exact) mass is 265 g/mol. The standard InChI is InChI=1S/C10H11N5O4/c1-5-10(17)13-9(16)4-14(5)8-3-6(15(18)19)2-7(11)12-8/h2-3,5H,4H2,1H3,(H2,11,12)(H,13,16,17). The number of carbonyl (C=O) groups excluding carboxylic acids is 2. The fourth-order valence-electron chi connectivity index (χ4n) is 1.77. The van der Waals surface area contributed by atoms with E-state index in [1.807, 2.05) is 0 Å². The highest BCUT2D eigenvalue weighted by Gasteiger charge is 2.32. The molecule has 0 aliphatic carbocycles. The number of imide groups is 1. The number of anilines is 2. The Morgan fingerprint density at radius 1 is 1.53 bits per heavy atom. The van der Waals surface area contributed by atoms with E-state index in [1.54, 1.807) is 6.92 Å². The van der Waals surface area contributed by atoms with Gasteiger partial charge in [0.25, 0.3) is 5.69 Å². The minimum absolute atomic E-state index is 0.0465. The molecule has 2 amide bonds. The van der Waals surface area contributed by atoms with E-state index in [-0.39, 0.29) is 23.9 Å². The molecule has 100 valence electrons. The van der Waals surface area contributed by atoms with Crippen molar-refractivity contribution in [1.29, 1.82) is 0 Å². The molecular formula is C10H11N5O4. The average molecular weight is 265 g/mol. The summed E-state index contributed by atoms with van der Waals surface area (Å²) in [7, 11) is 0. The summed E-state index contributed by atoms with van der Waals surface area (Å²) in [5.41, 5.74) is 5.25. The Kier molecular flexibility index (Phi) is 3.03. The molecule has 9 nitrogen and oxygen atoms in total. The van der Waals surface area contributed by atoms with E-state index in [4.69, 9.17) is 5.73 Å². The molecule has 9 heteroatoms. The number of pyridine rings is 1. The van der Waals surface area contributed by atoms with Crippen molar-refractivity contribution < 1.29 is 14.5 Å². The van der Waals surface area contributed by atoms with Gasteiger partial charge in [-0.1, -0.05) is 0 Å². The fraction of sp³-hybridized carbons (Fsp3) is 0.300. The summed E-state index contributed by atoms with van der Waals surface area (Å²) in [5.74, 6) is -0.893. The maximum Gasteiger partial charge on any atom is 0.276 e. The number of nitrogens with two attached hydrogens (primary N) is 1. The zero-order chi connectivity index (χ0) is 14.2. The van der Waals surface area contributed by atoms with Gasteiger partial charge >= 0.3 is 0 Å². The quantitative estimate of drug-likeness (QED) is 0.415. The van der Waals surface area contributed by atoms with E-state index in [0.717, 1.165) is 6.07 Å². The van der Waals surface area contributed by atoms with Crippen molar-refractivity contribution in [2.75, 3.05) is 17.2 Å². The number of amides is 2. The molecule has 1 aromatic heterocycles. The summed E-state index contributed by atoms with van der Waals surface area (Å²) in [6.45, 7) is 1.46. The second-order valence-corrected chi connectivity index (χ2v) is 4.08. The summed E-state index contributed by atoms with van der Waals surface area (Å²) >= 11 is 0.